The lowest BCUT2D eigenvalue weighted by molar-refractivity contribution is 0.806. The van der Waals surface area contributed by atoms with Crippen molar-refractivity contribution in [3.05, 3.63) is 101 Å². The summed E-state index contributed by atoms with van der Waals surface area (Å²) in [7, 11) is 0. The average Bonchev–Trinajstić information content (AvgIpc) is 3.20. The summed E-state index contributed by atoms with van der Waals surface area (Å²) in [6, 6.07) is 24.5. The summed E-state index contributed by atoms with van der Waals surface area (Å²) in [5, 5.41) is 8.63. The number of hydrogen-bond donors (Lipinski definition) is 0. The predicted octanol–water partition coefficient (Wildman–Crippen LogP) is 5.13. The highest BCUT2D eigenvalue weighted by Crippen LogP contribution is 2.29. The molecule has 0 N–H and O–H groups in total. The lowest BCUT2D eigenvalue weighted by atomic mass is 9.92. The van der Waals surface area contributed by atoms with Crippen LogP contribution in [0, 0.1) is 6.92 Å². The van der Waals surface area contributed by atoms with Gasteiger partial charge in [-0.2, -0.15) is 0 Å². The van der Waals surface area contributed by atoms with E-state index in [0.717, 1.165) is 37.1 Å². The molecule has 4 bridgehead atoms. The molecule has 0 saturated carbocycles. The van der Waals surface area contributed by atoms with Gasteiger partial charge in [0.25, 0.3) is 0 Å². The van der Waals surface area contributed by atoms with Crippen molar-refractivity contribution in [1.82, 2.24) is 15.0 Å². The highest BCUT2D eigenvalue weighted by atomic mass is 15.4. The zero-order valence-corrected chi connectivity index (χ0v) is 16.1. The highest BCUT2D eigenvalue weighted by Gasteiger charge is 2.15. The van der Waals surface area contributed by atoms with Gasteiger partial charge in [0.2, 0.25) is 0 Å². The topological polar surface area (TPSA) is 30.7 Å². The highest BCUT2D eigenvalue weighted by molar-refractivity contribution is 5.66. The Bertz CT molecular complexity index is 1110. The molecule has 0 amide bonds. The number of hydrogen-bond acceptors (Lipinski definition) is 2. The standard InChI is InChI=1S/C25H23N3/c1-18-2-14-23(15-3-18)28-25(17-26-27-28)24-16-21-9-8-19-4-6-20(7-5-19)10-12-22(24)13-11-21/h2-7,11,13-17H,8-10,12H2,1H3. The summed E-state index contributed by atoms with van der Waals surface area (Å²) in [4.78, 5) is 0. The molecule has 4 aliphatic rings. The first-order valence-corrected chi connectivity index (χ1v) is 9.94. The maximum Gasteiger partial charge on any atom is 0.0947 e. The number of benzene rings is 3. The van der Waals surface area contributed by atoms with Crippen molar-refractivity contribution in [2.75, 3.05) is 0 Å². The number of aromatic nitrogens is 3. The minimum Gasteiger partial charge on any atom is -0.213 e. The third kappa shape index (κ3) is 3.24. The van der Waals surface area contributed by atoms with Crippen molar-refractivity contribution >= 4 is 0 Å². The molecule has 0 fully saturated rings. The Kier molecular flexibility index (Phi) is 4.28. The summed E-state index contributed by atoms with van der Waals surface area (Å²) in [6.45, 7) is 2.10. The van der Waals surface area contributed by atoms with E-state index in [2.05, 4.69) is 84.0 Å². The maximum atomic E-state index is 4.39. The van der Waals surface area contributed by atoms with Gasteiger partial charge < -0.3 is 0 Å². The smallest absolute Gasteiger partial charge is 0.0947 e. The van der Waals surface area contributed by atoms with Crippen molar-refractivity contribution in [2.24, 2.45) is 0 Å². The molecule has 28 heavy (non-hydrogen) atoms. The van der Waals surface area contributed by atoms with Crippen LogP contribution in [0.15, 0.2) is 72.9 Å². The van der Waals surface area contributed by atoms with E-state index in [4.69, 9.17) is 0 Å². The zero-order valence-electron chi connectivity index (χ0n) is 16.1. The molecule has 0 aliphatic heterocycles. The Labute approximate surface area is 165 Å². The Hall–Kier alpha value is -3.20. The molecule has 0 saturated heterocycles. The molecular formula is C25H23N3. The number of rotatable bonds is 2. The summed E-state index contributed by atoms with van der Waals surface area (Å²) in [5.41, 5.74) is 10.1. The Balaban J connectivity index is 1.60. The lowest BCUT2D eigenvalue weighted by Crippen LogP contribution is -2.04. The second-order valence-electron chi connectivity index (χ2n) is 7.67. The van der Waals surface area contributed by atoms with E-state index < -0.39 is 0 Å². The van der Waals surface area contributed by atoms with E-state index in [0.29, 0.717) is 0 Å². The Morgan fingerprint density at radius 3 is 2.11 bits per heavy atom. The molecule has 3 nitrogen and oxygen atoms in total. The maximum absolute atomic E-state index is 4.39. The van der Waals surface area contributed by atoms with Crippen LogP contribution in [0.1, 0.15) is 27.8 Å². The van der Waals surface area contributed by atoms with Crippen LogP contribution >= 0.6 is 0 Å². The van der Waals surface area contributed by atoms with Gasteiger partial charge in [0.1, 0.15) is 0 Å². The number of nitrogens with zero attached hydrogens (tertiary/aromatic N) is 3. The van der Waals surface area contributed by atoms with Crippen LogP contribution in [0.4, 0.5) is 0 Å². The van der Waals surface area contributed by atoms with Crippen LogP contribution in [0.2, 0.25) is 0 Å². The number of aryl methyl sites for hydroxylation is 5. The molecule has 0 atom stereocenters. The van der Waals surface area contributed by atoms with E-state index >= 15 is 0 Å². The second-order valence-corrected chi connectivity index (χ2v) is 7.67. The minimum atomic E-state index is 1.01. The second kappa shape index (κ2) is 7.08. The van der Waals surface area contributed by atoms with Crippen LogP contribution in [-0.4, -0.2) is 15.0 Å². The fraction of sp³-hybridized carbons (Fsp3) is 0.200. The summed E-state index contributed by atoms with van der Waals surface area (Å²) >= 11 is 0. The van der Waals surface area contributed by atoms with Gasteiger partial charge >= 0.3 is 0 Å². The van der Waals surface area contributed by atoms with Gasteiger partial charge in [0.05, 0.1) is 17.6 Å². The molecule has 0 spiro atoms. The first-order valence-electron chi connectivity index (χ1n) is 9.94. The van der Waals surface area contributed by atoms with Crippen LogP contribution < -0.4 is 0 Å². The molecule has 1 heterocycles. The van der Waals surface area contributed by atoms with Crippen molar-refractivity contribution in [3.63, 3.8) is 0 Å². The van der Waals surface area contributed by atoms with Gasteiger partial charge in [0.15, 0.2) is 0 Å². The fourth-order valence-electron chi connectivity index (χ4n) is 3.97. The van der Waals surface area contributed by atoms with Crippen molar-refractivity contribution in [3.8, 4) is 16.9 Å². The third-order valence-electron chi connectivity index (χ3n) is 5.69. The summed E-state index contributed by atoms with van der Waals surface area (Å²) in [6.07, 6.45) is 6.04. The normalized spacial score (nSPS) is 13.3. The van der Waals surface area contributed by atoms with Crippen molar-refractivity contribution < 1.29 is 0 Å². The van der Waals surface area contributed by atoms with Gasteiger partial charge in [0, 0.05) is 5.56 Å². The van der Waals surface area contributed by atoms with Crippen LogP contribution in [0.25, 0.3) is 16.9 Å². The van der Waals surface area contributed by atoms with Crippen molar-refractivity contribution in [2.45, 2.75) is 32.6 Å². The fourth-order valence-corrected chi connectivity index (χ4v) is 3.97. The first-order chi connectivity index (χ1) is 13.8. The monoisotopic (exact) mass is 365 g/mol. The van der Waals surface area contributed by atoms with Gasteiger partial charge in [-0.25, -0.2) is 4.68 Å². The average molecular weight is 365 g/mol. The zero-order chi connectivity index (χ0) is 18.9. The third-order valence-corrected chi connectivity index (χ3v) is 5.69. The Morgan fingerprint density at radius 2 is 1.36 bits per heavy atom. The SMILES string of the molecule is Cc1ccc(-n2nncc2-c2cc3ccc2CCc2ccc(cc2)CC3)cc1. The molecule has 1 aromatic heterocycles. The van der Waals surface area contributed by atoms with Crippen molar-refractivity contribution in [1.29, 1.82) is 0 Å². The minimum absolute atomic E-state index is 1.01. The van der Waals surface area contributed by atoms with Crippen LogP contribution in [0.3, 0.4) is 0 Å². The van der Waals surface area contributed by atoms with E-state index in [1.807, 2.05) is 10.9 Å². The summed E-state index contributed by atoms with van der Waals surface area (Å²) in [5.74, 6) is 0. The van der Waals surface area contributed by atoms with E-state index in [-0.39, 0.29) is 0 Å². The largest absolute Gasteiger partial charge is 0.213 e. The van der Waals surface area contributed by atoms with Gasteiger partial charge in [-0.3, -0.25) is 0 Å². The molecule has 0 unspecified atom stereocenters. The molecule has 3 heteroatoms. The van der Waals surface area contributed by atoms with E-state index in [1.54, 1.807) is 0 Å². The molecular weight excluding hydrogens is 342 g/mol. The van der Waals surface area contributed by atoms with Gasteiger partial charge in [-0.1, -0.05) is 59.3 Å². The molecule has 3 aromatic carbocycles. The first kappa shape index (κ1) is 16.9. The quantitative estimate of drug-likeness (QED) is 0.493. The molecule has 4 aliphatic carbocycles. The molecule has 8 rings (SSSR count). The molecule has 0 radical (unpaired) electrons. The van der Waals surface area contributed by atoms with Crippen LogP contribution in [-0.2, 0) is 25.7 Å². The predicted molar refractivity (Wildman–Crippen MR) is 113 cm³/mol. The Morgan fingerprint density at radius 1 is 0.714 bits per heavy atom. The van der Waals surface area contributed by atoms with Gasteiger partial charge in [-0.15, -0.1) is 5.10 Å². The van der Waals surface area contributed by atoms with E-state index in [1.165, 1.54) is 33.4 Å². The summed E-state index contributed by atoms with van der Waals surface area (Å²) < 4.78 is 1.96. The molecule has 138 valence electrons. The molecule has 4 aromatic rings. The van der Waals surface area contributed by atoms with Crippen LogP contribution in [0.5, 0.6) is 0 Å². The van der Waals surface area contributed by atoms with Gasteiger partial charge in [-0.05, 0) is 73.1 Å². The van der Waals surface area contributed by atoms with E-state index in [9.17, 15) is 0 Å². The lowest BCUT2D eigenvalue weighted by Gasteiger charge is -2.15.